The monoisotopic (exact) mass is 428 g/mol. The van der Waals surface area contributed by atoms with Gasteiger partial charge in [-0.2, -0.15) is 11.3 Å². The van der Waals surface area contributed by atoms with Crippen molar-refractivity contribution < 1.29 is 19.1 Å². The summed E-state index contributed by atoms with van der Waals surface area (Å²) in [6, 6.07) is 11.1. The lowest BCUT2D eigenvalue weighted by Gasteiger charge is -2.27. The maximum absolute atomic E-state index is 13.4. The van der Waals surface area contributed by atoms with Gasteiger partial charge in [-0.25, -0.2) is 0 Å². The third kappa shape index (κ3) is 4.96. The number of ether oxygens (including phenoxy) is 1. The molecule has 1 aliphatic heterocycles. The first-order valence-electron chi connectivity index (χ1n) is 10.2. The minimum Gasteiger partial charge on any atom is -0.385 e. The van der Waals surface area contributed by atoms with Gasteiger partial charge in [0.15, 0.2) is 0 Å². The number of carbonyl (C=O) groups excluding carboxylic acids is 3. The van der Waals surface area contributed by atoms with E-state index in [-0.39, 0.29) is 36.6 Å². The van der Waals surface area contributed by atoms with Crippen LogP contribution in [0.1, 0.15) is 37.3 Å². The van der Waals surface area contributed by atoms with Crippen LogP contribution in [0.2, 0.25) is 0 Å². The minimum atomic E-state index is -1.16. The number of amides is 3. The summed E-state index contributed by atoms with van der Waals surface area (Å²) in [5, 5.41) is 7.08. The molecule has 1 N–H and O–H groups in total. The van der Waals surface area contributed by atoms with Crippen molar-refractivity contribution in [2.45, 2.75) is 44.1 Å². The van der Waals surface area contributed by atoms with Crippen molar-refractivity contribution in [1.29, 1.82) is 0 Å². The van der Waals surface area contributed by atoms with Crippen molar-refractivity contribution in [3.05, 3.63) is 58.3 Å². The van der Waals surface area contributed by atoms with Crippen molar-refractivity contribution in [2.24, 2.45) is 0 Å². The van der Waals surface area contributed by atoms with Gasteiger partial charge in [-0.05, 0) is 47.7 Å². The van der Waals surface area contributed by atoms with E-state index in [4.69, 9.17) is 4.74 Å². The van der Waals surface area contributed by atoms with Crippen LogP contribution in [0.4, 0.5) is 0 Å². The van der Waals surface area contributed by atoms with E-state index >= 15 is 0 Å². The van der Waals surface area contributed by atoms with E-state index in [0.29, 0.717) is 25.1 Å². The molecule has 1 aliphatic rings. The Hall–Kier alpha value is -2.51. The second-order valence-electron chi connectivity index (χ2n) is 7.80. The number of rotatable bonds is 10. The van der Waals surface area contributed by atoms with E-state index < -0.39 is 5.41 Å². The molecule has 2 aromatic rings. The summed E-state index contributed by atoms with van der Waals surface area (Å²) in [6.07, 6.45) is 1.26. The highest BCUT2D eigenvalue weighted by atomic mass is 32.1. The largest absolute Gasteiger partial charge is 0.385 e. The molecule has 6 nitrogen and oxygen atoms in total. The van der Waals surface area contributed by atoms with Gasteiger partial charge in [0.25, 0.3) is 0 Å². The molecule has 0 aliphatic carbocycles. The average Bonchev–Trinajstić information content (AvgIpc) is 3.31. The van der Waals surface area contributed by atoms with Crippen molar-refractivity contribution in [3.63, 3.8) is 0 Å². The molecule has 2 heterocycles. The molecule has 3 rings (SSSR count). The van der Waals surface area contributed by atoms with Gasteiger partial charge in [-0.15, -0.1) is 0 Å². The lowest BCUT2D eigenvalue weighted by molar-refractivity contribution is -0.141. The van der Waals surface area contributed by atoms with Gasteiger partial charge in [0.05, 0.1) is 5.41 Å². The average molecular weight is 429 g/mol. The Kier molecular flexibility index (Phi) is 7.39. The molecule has 7 heteroatoms. The lowest BCUT2D eigenvalue weighted by Crippen LogP contribution is -2.44. The Morgan fingerprint density at radius 1 is 1.27 bits per heavy atom. The molecule has 1 aromatic carbocycles. The van der Waals surface area contributed by atoms with Gasteiger partial charge in [0, 0.05) is 39.1 Å². The number of hydrogen-bond donors (Lipinski definition) is 1. The smallest absolute Gasteiger partial charge is 0.240 e. The third-order valence-electron chi connectivity index (χ3n) is 5.46. The molecule has 3 amide bonds. The molecule has 2 atom stereocenters. The first-order valence-corrected chi connectivity index (χ1v) is 11.1. The quantitative estimate of drug-likeness (QED) is 0.466. The fraction of sp³-hybridized carbons (Fsp3) is 0.435. The Balaban J connectivity index is 1.77. The summed E-state index contributed by atoms with van der Waals surface area (Å²) in [4.78, 5) is 40.3. The van der Waals surface area contributed by atoms with Gasteiger partial charge in [0.2, 0.25) is 17.7 Å². The molecule has 0 radical (unpaired) electrons. The van der Waals surface area contributed by atoms with Crippen LogP contribution in [-0.4, -0.2) is 48.9 Å². The highest BCUT2D eigenvalue weighted by Crippen LogP contribution is 2.40. The number of benzene rings is 1. The molecule has 0 bridgehead atoms. The number of likely N-dealkylation sites (tertiary alicyclic amines) is 1. The summed E-state index contributed by atoms with van der Waals surface area (Å²) < 4.78 is 5.05. The van der Waals surface area contributed by atoms with Gasteiger partial charge in [-0.3, -0.25) is 19.3 Å². The highest BCUT2D eigenvalue weighted by Gasteiger charge is 2.53. The Bertz CT molecular complexity index is 869. The first kappa shape index (κ1) is 22.2. The number of hydrogen-bond acceptors (Lipinski definition) is 5. The van der Waals surface area contributed by atoms with Crippen molar-refractivity contribution in [3.8, 4) is 0 Å². The summed E-state index contributed by atoms with van der Waals surface area (Å²) in [7, 11) is 1.59. The molecular weight excluding hydrogens is 400 g/mol. The van der Waals surface area contributed by atoms with E-state index in [1.54, 1.807) is 18.4 Å². The van der Waals surface area contributed by atoms with Crippen LogP contribution >= 0.6 is 11.3 Å². The van der Waals surface area contributed by atoms with Crippen LogP contribution in [0.5, 0.6) is 0 Å². The predicted molar refractivity (Wildman–Crippen MR) is 116 cm³/mol. The van der Waals surface area contributed by atoms with Crippen LogP contribution in [-0.2, 0) is 31.0 Å². The number of methoxy groups -OCH3 is 1. The maximum atomic E-state index is 13.4. The van der Waals surface area contributed by atoms with Crippen LogP contribution in [0.25, 0.3) is 0 Å². The fourth-order valence-corrected chi connectivity index (χ4v) is 4.71. The summed E-state index contributed by atoms with van der Waals surface area (Å²) >= 11 is 1.62. The van der Waals surface area contributed by atoms with Crippen LogP contribution in [0.15, 0.2) is 47.2 Å². The number of imide groups is 1. The second-order valence-corrected chi connectivity index (χ2v) is 8.58. The Labute approximate surface area is 181 Å². The van der Waals surface area contributed by atoms with E-state index in [2.05, 4.69) is 10.7 Å². The molecular formula is C23H28N2O4S. The lowest BCUT2D eigenvalue weighted by atomic mass is 9.75. The molecule has 30 heavy (non-hydrogen) atoms. The zero-order valence-corrected chi connectivity index (χ0v) is 18.2. The zero-order valence-electron chi connectivity index (χ0n) is 17.4. The maximum Gasteiger partial charge on any atom is 0.240 e. The van der Waals surface area contributed by atoms with Gasteiger partial charge in [-0.1, -0.05) is 30.3 Å². The summed E-state index contributed by atoms with van der Waals surface area (Å²) in [5.74, 6) is -0.754. The Morgan fingerprint density at radius 3 is 2.70 bits per heavy atom. The first-order chi connectivity index (χ1) is 14.5. The van der Waals surface area contributed by atoms with E-state index in [9.17, 15) is 14.4 Å². The van der Waals surface area contributed by atoms with Crippen LogP contribution < -0.4 is 5.32 Å². The normalized spacial score (nSPS) is 19.9. The highest BCUT2D eigenvalue weighted by molar-refractivity contribution is 7.07. The molecule has 0 spiro atoms. The standard InChI is InChI=1S/C23H28N2O4S/c1-17(13-18-9-12-30-16-18)24-20(26)14-23(19-7-4-3-5-8-19)15-21(27)25(22(23)28)10-6-11-29-2/h3-5,7-9,12,16-17H,6,10-11,13-15H2,1-2H3,(H,24,26)/t17-,23+/m0/s1. The number of thiophene rings is 1. The minimum absolute atomic E-state index is 0.00909. The van der Waals surface area contributed by atoms with E-state index in [1.165, 1.54) is 10.5 Å². The molecule has 1 aromatic heterocycles. The SMILES string of the molecule is COCCCN1C(=O)C[C@](CC(=O)N[C@@H](C)Cc2ccsc2)(c2ccccc2)C1=O. The predicted octanol–water partition coefficient (Wildman–Crippen LogP) is 2.92. The van der Waals surface area contributed by atoms with Crippen molar-refractivity contribution >= 4 is 29.1 Å². The summed E-state index contributed by atoms with van der Waals surface area (Å²) in [5.41, 5.74) is 0.720. The topological polar surface area (TPSA) is 75.7 Å². The number of nitrogens with zero attached hydrogens (tertiary/aromatic N) is 1. The van der Waals surface area contributed by atoms with Gasteiger partial charge in [0.1, 0.15) is 0 Å². The Morgan fingerprint density at radius 2 is 2.03 bits per heavy atom. The number of carbonyl (C=O) groups is 3. The van der Waals surface area contributed by atoms with Gasteiger partial charge < -0.3 is 10.1 Å². The third-order valence-corrected chi connectivity index (χ3v) is 6.19. The molecule has 0 unspecified atom stereocenters. The molecule has 160 valence electrons. The summed E-state index contributed by atoms with van der Waals surface area (Å²) in [6.45, 7) is 2.72. The van der Waals surface area contributed by atoms with Gasteiger partial charge >= 0.3 is 0 Å². The molecule has 1 saturated heterocycles. The second kappa shape index (κ2) is 10.00. The van der Waals surface area contributed by atoms with Crippen LogP contribution in [0, 0.1) is 0 Å². The fourth-order valence-electron chi connectivity index (χ4n) is 4.03. The van der Waals surface area contributed by atoms with Crippen molar-refractivity contribution in [2.75, 3.05) is 20.3 Å². The zero-order chi connectivity index (χ0) is 21.6. The molecule has 1 fully saturated rings. The number of nitrogens with one attached hydrogen (secondary N) is 1. The molecule has 0 saturated carbocycles. The van der Waals surface area contributed by atoms with Crippen LogP contribution in [0.3, 0.4) is 0 Å². The van der Waals surface area contributed by atoms with E-state index in [0.717, 1.165) is 6.42 Å². The van der Waals surface area contributed by atoms with E-state index in [1.807, 2.05) is 48.7 Å². The van der Waals surface area contributed by atoms with Crippen molar-refractivity contribution in [1.82, 2.24) is 10.2 Å².